The van der Waals surface area contributed by atoms with E-state index in [1.165, 1.54) is 67.4 Å². The number of aliphatic hydroxyl groups excluding tert-OH is 15. The average molecular weight is 1580 g/mol. The summed E-state index contributed by atoms with van der Waals surface area (Å²) in [6, 6.07) is -0.0177. The molecule has 10 aromatic heterocycles. The lowest BCUT2D eigenvalue weighted by atomic mass is 9.93. The maximum absolute atomic E-state index is 11.5. The van der Waals surface area contributed by atoms with Gasteiger partial charge in [0.05, 0.1) is 113 Å². The monoisotopic (exact) mass is 1580 g/mol. The van der Waals surface area contributed by atoms with E-state index < -0.39 is 111 Å². The lowest BCUT2D eigenvalue weighted by Crippen LogP contribution is -2.32. The zero-order valence-electron chi connectivity index (χ0n) is 58.5. The molecular formula is C62H85N26O22P. The predicted octanol–water partition coefficient (Wildman–Crippen LogP) is -8.56. The summed E-state index contributed by atoms with van der Waals surface area (Å²) < 4.78 is 28.1. The largest absolute Gasteiger partial charge is 0.396 e. The number of nitrogens with two attached hydrogens (primary N) is 6. The van der Waals surface area contributed by atoms with Crippen LogP contribution in [0.4, 0.5) is 35.0 Å². The highest BCUT2D eigenvalue weighted by molar-refractivity contribution is 7.51. The van der Waals surface area contributed by atoms with Gasteiger partial charge in [-0.25, -0.2) is 64.6 Å². The SMILES string of the molecule is Nc1ccn(C[C@@H](CO)OCP(=O)(O)O)c(=O)n1.Nc1nc2c(ncn2COC(CO)CO)c(=O)[nH]1.Nc1ncnc2c1CC=C2[C@@H]1C[C@H](CO)[C@H](O)C1O.Nc1ncnc2c1ncn2[C@@H]1C=C(CO)[C@H](O)C1O.Nc1ncnc2c1ncn2[C@@H]1C[C@H](CO)[C@H](O)C1O.Nc1ncnc2c1ncn2[C@@H]1C[C@H](O)[C@H](O)C1O. The zero-order valence-corrected chi connectivity index (χ0v) is 59.4. The normalized spacial score (nSPS) is 24.9. The molecule has 4 unspecified atom stereocenters. The number of hydrogen-bond acceptors (Lipinski definition) is 40. The molecule has 48 nitrogen and oxygen atoms in total. The topological polar surface area (TPSA) is 791 Å². The molecule has 15 rings (SSSR count). The van der Waals surface area contributed by atoms with Crippen LogP contribution >= 0.6 is 7.60 Å². The van der Waals surface area contributed by atoms with Gasteiger partial charge in [0, 0.05) is 42.7 Å². The summed E-state index contributed by atoms with van der Waals surface area (Å²) in [5, 5.41) is 143. The molecule has 5 aliphatic carbocycles. The number of rotatable bonds is 18. The number of ether oxygens (including phenoxy) is 2. The van der Waals surface area contributed by atoms with Gasteiger partial charge in [0.25, 0.3) is 5.56 Å². The van der Waals surface area contributed by atoms with Crippen LogP contribution in [-0.2, 0) is 33.7 Å². The molecule has 16 atom stereocenters. The predicted molar refractivity (Wildman–Crippen MR) is 386 cm³/mol. The molecule has 111 heavy (non-hydrogen) atoms. The fourth-order valence-electron chi connectivity index (χ4n) is 13.1. The Balaban J connectivity index is 0.000000142. The number of imidazole rings is 4. The van der Waals surface area contributed by atoms with E-state index in [1.807, 2.05) is 6.08 Å². The zero-order chi connectivity index (χ0) is 80.4. The molecule has 0 spiro atoms. The highest BCUT2D eigenvalue weighted by Gasteiger charge is 2.46. The van der Waals surface area contributed by atoms with Crippen LogP contribution in [0.1, 0.15) is 48.6 Å². The second-order valence-electron chi connectivity index (χ2n) is 26.0. The summed E-state index contributed by atoms with van der Waals surface area (Å²) in [7, 11) is -4.31. The van der Waals surface area contributed by atoms with Crippen molar-refractivity contribution in [2.45, 2.75) is 124 Å². The first kappa shape index (κ1) is 83.2. The molecule has 0 aliphatic heterocycles. The van der Waals surface area contributed by atoms with Gasteiger partial charge in [0.1, 0.15) is 103 Å². The number of aromatic nitrogens is 20. The molecule has 0 amide bonds. The molecule has 3 saturated carbocycles. The first-order valence-corrected chi connectivity index (χ1v) is 35.6. The average Bonchev–Trinajstić information content (AvgIpc) is 1.64. The number of allylic oxidation sites excluding steroid dienone is 1. The Kier molecular flexibility index (Phi) is 27.2. The molecule has 10 heterocycles. The first-order valence-electron chi connectivity index (χ1n) is 33.8. The van der Waals surface area contributed by atoms with Gasteiger partial charge in [0.2, 0.25) is 5.95 Å². The summed E-state index contributed by atoms with van der Waals surface area (Å²) >= 11 is 0. The molecule has 30 N–H and O–H groups in total. The Morgan fingerprint density at radius 3 is 1.58 bits per heavy atom. The Morgan fingerprint density at radius 2 is 1.06 bits per heavy atom. The van der Waals surface area contributed by atoms with Crippen molar-refractivity contribution in [3.05, 3.63) is 113 Å². The van der Waals surface area contributed by atoms with Crippen molar-refractivity contribution < 1.29 is 100 Å². The van der Waals surface area contributed by atoms with Crippen molar-refractivity contribution in [3.8, 4) is 0 Å². The minimum absolute atomic E-state index is 0.00181. The molecule has 0 bridgehead atoms. The van der Waals surface area contributed by atoms with E-state index in [-0.39, 0.29) is 117 Å². The number of nitrogens with zero attached hydrogens (tertiary/aromatic N) is 19. The van der Waals surface area contributed by atoms with Crippen molar-refractivity contribution >= 4 is 92.9 Å². The molecule has 49 heteroatoms. The highest BCUT2D eigenvalue weighted by atomic mass is 31.2. The second-order valence-corrected chi connectivity index (χ2v) is 27.6. The maximum atomic E-state index is 11.5. The van der Waals surface area contributed by atoms with Crippen molar-refractivity contribution in [1.29, 1.82) is 0 Å². The minimum atomic E-state index is -4.31. The molecule has 0 radical (unpaired) electrons. The summed E-state index contributed by atoms with van der Waals surface area (Å²) in [6.07, 6.45) is 6.61. The van der Waals surface area contributed by atoms with Gasteiger partial charge in [-0.1, -0.05) is 12.2 Å². The Morgan fingerprint density at radius 1 is 0.541 bits per heavy atom. The molecule has 600 valence electrons. The smallest absolute Gasteiger partial charge is 0.350 e. The highest BCUT2D eigenvalue weighted by Crippen LogP contribution is 2.44. The van der Waals surface area contributed by atoms with E-state index in [0.29, 0.717) is 64.1 Å². The maximum Gasteiger partial charge on any atom is 0.350 e. The fourth-order valence-corrected chi connectivity index (χ4v) is 13.5. The summed E-state index contributed by atoms with van der Waals surface area (Å²) in [4.78, 5) is 98.0. The standard InChI is InChI=1S/C13H17N3O3.C11H15N5O3.C11H13N5O3.C10H13N5O3.C9H13N5O4.C8H14N3O6P/c14-13-8-2-1-7(10(8)15-5-16-13)9-3-6(4-17)11(18)12(9)19;2*12-10-7-11(14-3-13-10)16(4-15-7)6-1-5(2-17)8(18)9(6)19;11-9-6-10(13-2-12-9)15(3-14-6)4-1-5(16)8(18)7(4)17;10-9-12-7-6(8(17)13-9)11-3-14(7)4-18-5(1-15)2-16;9-7-1-2-11(8(13)10-7)3-6(4-12)17-5-18(14,15)16/h1,5-6,9,11-12,17-19H,2-4H2,(H2,14,15,16);3-6,8-9,17-19H,1-2H2,(H2,12,13,14);1,3-4,6,8-9,17-19H,2H2,(H2,12,13,14);2-5,7-8,16-18H,1H2,(H2,11,12,13);3,5,15-16H,1-2,4H2,(H3,10,12,13,17);1-2,6,12H,3-5H2,(H2,9,10,13)(H2,14,15,16)/t6-,9+,11+,12?;5-,6-,8+,9?;6-,8+,9?;4-,5+,7?,8+;;6-/m1111.0/s1. The molecular weight excluding hydrogens is 1490 g/mol. The van der Waals surface area contributed by atoms with Crippen molar-refractivity contribution in [2.75, 3.05) is 80.4 Å². The first-order chi connectivity index (χ1) is 52.9. The number of nitrogens with one attached hydrogen (secondary N) is 1. The lowest BCUT2D eigenvalue weighted by Gasteiger charge is -2.18. The van der Waals surface area contributed by atoms with Gasteiger partial charge in [-0.2, -0.15) is 9.97 Å². The van der Waals surface area contributed by atoms with Crippen LogP contribution in [0.15, 0.2) is 90.2 Å². The number of anilines is 6. The van der Waals surface area contributed by atoms with Crippen LogP contribution in [0.2, 0.25) is 0 Å². The van der Waals surface area contributed by atoms with Crippen molar-refractivity contribution in [1.82, 2.24) is 97.6 Å². The van der Waals surface area contributed by atoms with Gasteiger partial charge in [0.15, 0.2) is 45.6 Å². The van der Waals surface area contributed by atoms with E-state index in [2.05, 4.69) is 74.8 Å². The van der Waals surface area contributed by atoms with E-state index >= 15 is 0 Å². The molecule has 0 saturated heterocycles. The number of H-pyrrole nitrogens is 1. The van der Waals surface area contributed by atoms with Crippen LogP contribution in [0.3, 0.4) is 0 Å². The van der Waals surface area contributed by atoms with E-state index in [4.69, 9.17) is 74.1 Å². The molecule has 0 aromatic carbocycles. The van der Waals surface area contributed by atoms with E-state index in [9.17, 15) is 70.3 Å². The van der Waals surface area contributed by atoms with Crippen molar-refractivity contribution in [2.24, 2.45) is 17.8 Å². The molecule has 5 aliphatic rings. The number of hydrogen-bond donors (Lipinski definition) is 24. The third kappa shape index (κ3) is 18.5. The van der Waals surface area contributed by atoms with Crippen LogP contribution in [0.5, 0.6) is 0 Å². The Bertz CT molecular complexity index is 5060. The molecule has 3 fully saturated rings. The van der Waals surface area contributed by atoms with Crippen LogP contribution in [0, 0.1) is 17.8 Å². The summed E-state index contributed by atoms with van der Waals surface area (Å²) in [6.45, 7) is -1.78. The van der Waals surface area contributed by atoms with Gasteiger partial charge in [-0.3, -0.25) is 23.5 Å². The van der Waals surface area contributed by atoms with Crippen LogP contribution in [0.25, 0.3) is 50.2 Å². The lowest BCUT2D eigenvalue weighted by molar-refractivity contribution is -0.0488. The summed E-state index contributed by atoms with van der Waals surface area (Å²) in [5.74, 6) is 0.445. The third-order valence-electron chi connectivity index (χ3n) is 19.0. The summed E-state index contributed by atoms with van der Waals surface area (Å²) in [5.41, 5.74) is 38.7. The van der Waals surface area contributed by atoms with Gasteiger partial charge in [-0.15, -0.1) is 0 Å². The number of aliphatic hydroxyl groups is 15. The van der Waals surface area contributed by atoms with Crippen LogP contribution in [-0.4, -0.2) is 297 Å². The molecule has 10 aromatic rings. The van der Waals surface area contributed by atoms with Crippen molar-refractivity contribution in [3.63, 3.8) is 0 Å². The fraction of sp³-hybridized carbons (Fsp3) is 0.484. The number of nitrogen functional groups attached to an aromatic ring is 6. The van der Waals surface area contributed by atoms with Gasteiger partial charge in [-0.05, 0) is 42.9 Å². The second kappa shape index (κ2) is 36.3. The Labute approximate surface area is 623 Å². The number of aromatic amines is 1. The van der Waals surface area contributed by atoms with E-state index in [0.717, 1.165) is 21.4 Å². The van der Waals surface area contributed by atoms with Crippen LogP contribution < -0.4 is 45.7 Å². The third-order valence-corrected chi connectivity index (χ3v) is 19.5. The minimum Gasteiger partial charge on any atom is -0.396 e. The van der Waals surface area contributed by atoms with Gasteiger partial charge >= 0.3 is 13.3 Å². The number of fused-ring (bicyclic) bond motifs is 5. The van der Waals surface area contributed by atoms with E-state index in [1.54, 1.807) is 19.8 Å². The van der Waals surface area contributed by atoms with Gasteiger partial charge < -0.3 is 144 Å². The quantitative estimate of drug-likeness (QED) is 0.0280. The Hall–Kier alpha value is -10.3.